The van der Waals surface area contributed by atoms with Gasteiger partial charge in [0.05, 0.1) is 27.7 Å². The molecule has 7 nitrogen and oxygen atoms in total. The molecule has 2 N–H and O–H groups in total. The van der Waals surface area contributed by atoms with Crippen LogP contribution >= 0.6 is 22.9 Å². The molecule has 13 heteroatoms. The third kappa shape index (κ3) is 7.42. The first-order chi connectivity index (χ1) is 17.1. The molecule has 194 valence electrons. The van der Waals surface area contributed by atoms with Crippen LogP contribution in [0.1, 0.15) is 16.8 Å². The highest BCUT2D eigenvalue weighted by molar-refractivity contribution is 7.90. The van der Waals surface area contributed by atoms with Crippen molar-refractivity contribution in [2.75, 3.05) is 25.0 Å². The van der Waals surface area contributed by atoms with Crippen molar-refractivity contribution in [1.29, 1.82) is 0 Å². The molecule has 0 amide bonds. The van der Waals surface area contributed by atoms with E-state index in [1.807, 2.05) is 4.90 Å². The number of rotatable bonds is 9. The van der Waals surface area contributed by atoms with Gasteiger partial charge in [0, 0.05) is 37.1 Å². The molecule has 0 unspecified atom stereocenters. The van der Waals surface area contributed by atoms with Crippen molar-refractivity contribution in [3.8, 4) is 0 Å². The summed E-state index contributed by atoms with van der Waals surface area (Å²) in [7, 11) is -3.98. The van der Waals surface area contributed by atoms with Crippen LogP contribution in [-0.4, -0.2) is 55.7 Å². The fourth-order valence-corrected chi connectivity index (χ4v) is 5.89. The van der Waals surface area contributed by atoms with Crippen LogP contribution in [0.5, 0.6) is 0 Å². The molecule has 0 atom stereocenters. The third-order valence-electron chi connectivity index (χ3n) is 5.39. The van der Waals surface area contributed by atoms with Crippen LogP contribution in [0.3, 0.4) is 0 Å². The van der Waals surface area contributed by atoms with E-state index in [1.165, 1.54) is 22.9 Å². The molecule has 4 rings (SSSR count). The van der Waals surface area contributed by atoms with Gasteiger partial charge in [0.25, 0.3) is 6.47 Å². The average Bonchev–Trinajstić information content (AvgIpc) is 3.30. The minimum Gasteiger partial charge on any atom is -0.483 e. The maximum atomic E-state index is 14.7. The minimum absolute atomic E-state index is 0.00313. The molecule has 1 aliphatic heterocycles. The maximum absolute atomic E-state index is 14.7. The second kappa shape index (κ2) is 12.5. The molecule has 1 aromatic heterocycles. The van der Waals surface area contributed by atoms with Crippen LogP contribution in [0.15, 0.2) is 46.1 Å². The van der Waals surface area contributed by atoms with Crippen molar-refractivity contribution in [3.05, 3.63) is 74.7 Å². The quantitative estimate of drug-likeness (QED) is 0.370. The van der Waals surface area contributed by atoms with Gasteiger partial charge < -0.3 is 10.4 Å². The molecule has 0 spiro atoms. The van der Waals surface area contributed by atoms with E-state index in [2.05, 4.69) is 10.3 Å². The number of hydrogen-bond acceptors (Lipinski definition) is 7. The van der Waals surface area contributed by atoms with Crippen molar-refractivity contribution in [1.82, 2.24) is 9.88 Å². The summed E-state index contributed by atoms with van der Waals surface area (Å²) < 4.78 is 67.0. The number of benzene rings is 2. The van der Waals surface area contributed by atoms with Crippen LogP contribution < -0.4 is 5.32 Å². The van der Waals surface area contributed by atoms with E-state index >= 15 is 0 Å². The fraction of sp³-hybridized carbons (Fsp3) is 0.304. The number of aromatic nitrogens is 1. The number of anilines is 1. The Morgan fingerprint density at radius 2 is 1.94 bits per heavy atom. The fourth-order valence-electron chi connectivity index (χ4n) is 3.57. The van der Waals surface area contributed by atoms with Gasteiger partial charge in [-0.25, -0.2) is 26.6 Å². The van der Waals surface area contributed by atoms with Crippen LogP contribution in [0.2, 0.25) is 5.02 Å². The molecule has 1 aliphatic rings. The number of thiazole rings is 1. The summed E-state index contributed by atoms with van der Waals surface area (Å²) in [5, 5.41) is 11.4. The molecule has 0 aliphatic carbocycles. The first-order valence-corrected chi connectivity index (χ1v) is 13.6. The second-order valence-electron chi connectivity index (χ2n) is 7.99. The molecule has 1 fully saturated rings. The number of alkyl halides is 1. The Kier molecular flexibility index (Phi) is 9.71. The lowest BCUT2D eigenvalue weighted by molar-refractivity contribution is -0.122. The topological polar surface area (TPSA) is 99.6 Å². The SMILES string of the molecule is O=CO.O=S(=O)(Cc1cscn1)c1cc(Cl)c(NCc2cc(CCN3CC(F)C3)ccc2F)cc1F. The van der Waals surface area contributed by atoms with Crippen LogP contribution in [0, 0.1) is 11.6 Å². The Morgan fingerprint density at radius 1 is 1.22 bits per heavy atom. The summed E-state index contributed by atoms with van der Waals surface area (Å²) in [5.41, 5.74) is 3.24. The van der Waals surface area contributed by atoms with E-state index in [1.54, 1.807) is 17.5 Å². The van der Waals surface area contributed by atoms with Crippen LogP contribution in [0.4, 0.5) is 18.9 Å². The summed E-state index contributed by atoms with van der Waals surface area (Å²) in [4.78, 5) is 13.8. The number of likely N-dealkylation sites (tertiary alicyclic amines) is 1. The van der Waals surface area contributed by atoms with E-state index in [-0.39, 0.29) is 23.7 Å². The molecular formula is C23H23ClF3N3O4S2. The molecule has 36 heavy (non-hydrogen) atoms. The maximum Gasteiger partial charge on any atom is 0.290 e. The average molecular weight is 562 g/mol. The Labute approximate surface area is 215 Å². The number of halogens is 4. The Morgan fingerprint density at radius 3 is 2.58 bits per heavy atom. The van der Waals surface area contributed by atoms with E-state index < -0.39 is 38.3 Å². The highest BCUT2D eigenvalue weighted by Gasteiger charge is 2.25. The summed E-state index contributed by atoms with van der Waals surface area (Å²) in [6.07, 6.45) is -0.113. The normalized spacial score (nSPS) is 14.0. The zero-order valence-electron chi connectivity index (χ0n) is 18.8. The first kappa shape index (κ1) is 27.9. The van der Waals surface area contributed by atoms with Gasteiger partial charge in [-0.15, -0.1) is 11.3 Å². The lowest BCUT2D eigenvalue weighted by Gasteiger charge is -2.34. The number of carboxylic acid groups (broad SMARTS) is 1. The predicted molar refractivity (Wildman–Crippen MR) is 132 cm³/mol. The molecule has 1 saturated heterocycles. The lowest BCUT2D eigenvalue weighted by Crippen LogP contribution is -2.48. The highest BCUT2D eigenvalue weighted by Crippen LogP contribution is 2.30. The van der Waals surface area contributed by atoms with Gasteiger partial charge in [0.1, 0.15) is 22.7 Å². The molecule has 0 saturated carbocycles. The number of sulfone groups is 1. The number of nitrogens with one attached hydrogen (secondary N) is 1. The monoisotopic (exact) mass is 561 g/mol. The van der Waals surface area contributed by atoms with Crippen molar-refractivity contribution < 1.29 is 31.5 Å². The zero-order valence-corrected chi connectivity index (χ0v) is 21.2. The summed E-state index contributed by atoms with van der Waals surface area (Å²) in [6.45, 7) is 1.32. The van der Waals surface area contributed by atoms with Crippen LogP contribution in [0.25, 0.3) is 0 Å². The van der Waals surface area contributed by atoms with Crippen molar-refractivity contribution in [2.45, 2.75) is 29.8 Å². The standard InChI is InChI=1S/C22H21ClF3N3O2S2.CH2O2/c23-18-6-22(33(30,31)12-17-11-32-13-28-17)20(26)7-21(18)27-8-15-5-14(1-2-19(15)25)3-4-29-9-16(24)10-29;2-1-3/h1-2,5-7,11,13,16,27H,3-4,8-10,12H2;1H,(H,2,3). The Bertz CT molecular complexity index is 1290. The van der Waals surface area contributed by atoms with Crippen molar-refractivity contribution in [3.63, 3.8) is 0 Å². The highest BCUT2D eigenvalue weighted by atomic mass is 35.5. The van der Waals surface area contributed by atoms with Gasteiger partial charge in [-0.2, -0.15) is 0 Å². The first-order valence-electron chi connectivity index (χ1n) is 10.7. The van der Waals surface area contributed by atoms with Gasteiger partial charge in [-0.3, -0.25) is 9.69 Å². The van der Waals surface area contributed by atoms with Crippen molar-refractivity contribution in [2.24, 2.45) is 0 Å². The van der Waals surface area contributed by atoms with Gasteiger partial charge in [0.2, 0.25) is 0 Å². The summed E-state index contributed by atoms with van der Waals surface area (Å²) in [5.74, 6) is -1.82. The molecule has 2 heterocycles. The van der Waals surface area contributed by atoms with E-state index in [9.17, 15) is 21.6 Å². The Balaban J connectivity index is 0.00000115. The second-order valence-corrected chi connectivity index (χ2v) is 11.1. The van der Waals surface area contributed by atoms with Gasteiger partial charge in [0.15, 0.2) is 9.84 Å². The lowest BCUT2D eigenvalue weighted by atomic mass is 10.1. The largest absolute Gasteiger partial charge is 0.483 e. The molecule has 0 radical (unpaired) electrons. The number of carbonyl (C=O) groups is 1. The zero-order chi connectivity index (χ0) is 26.3. The summed E-state index contributed by atoms with van der Waals surface area (Å²) in [6, 6.07) is 6.79. The number of nitrogens with zero attached hydrogens (tertiary/aromatic N) is 2. The molecule has 2 aromatic carbocycles. The molecule has 0 bridgehead atoms. The van der Waals surface area contributed by atoms with Gasteiger partial charge in [-0.05, 0) is 30.2 Å². The van der Waals surface area contributed by atoms with E-state index in [0.29, 0.717) is 37.3 Å². The summed E-state index contributed by atoms with van der Waals surface area (Å²) >= 11 is 7.46. The minimum atomic E-state index is -3.98. The van der Waals surface area contributed by atoms with E-state index in [4.69, 9.17) is 21.5 Å². The third-order valence-corrected chi connectivity index (χ3v) is 7.99. The van der Waals surface area contributed by atoms with Crippen molar-refractivity contribution >= 4 is 44.9 Å². The molecular weight excluding hydrogens is 539 g/mol. The Hall–Kier alpha value is -2.67. The smallest absolute Gasteiger partial charge is 0.290 e. The van der Waals surface area contributed by atoms with Gasteiger partial charge in [-0.1, -0.05) is 23.7 Å². The number of hydrogen-bond donors (Lipinski definition) is 2. The van der Waals surface area contributed by atoms with E-state index in [0.717, 1.165) is 17.7 Å². The molecule has 3 aromatic rings. The predicted octanol–water partition coefficient (Wildman–Crippen LogP) is 4.56. The van der Waals surface area contributed by atoms with Crippen LogP contribution in [-0.2, 0) is 33.4 Å². The van der Waals surface area contributed by atoms with Gasteiger partial charge >= 0.3 is 0 Å².